The van der Waals surface area contributed by atoms with Gasteiger partial charge in [-0.25, -0.2) is 4.79 Å². The molecule has 4 rings (SSSR count). The molecule has 2 unspecified atom stereocenters. The fourth-order valence-corrected chi connectivity index (χ4v) is 4.01. The van der Waals surface area contributed by atoms with Crippen LogP contribution in [0.5, 0.6) is 0 Å². The van der Waals surface area contributed by atoms with Crippen LogP contribution in [0.15, 0.2) is 84.9 Å². The van der Waals surface area contributed by atoms with Crippen LogP contribution in [-0.4, -0.2) is 28.5 Å². The summed E-state index contributed by atoms with van der Waals surface area (Å²) in [6.45, 7) is -0.389. The number of aliphatic hydroxyl groups is 1. The Labute approximate surface area is 188 Å². The number of rotatable bonds is 6. The van der Waals surface area contributed by atoms with Crippen LogP contribution in [0.2, 0.25) is 0 Å². The second-order valence-electron chi connectivity index (χ2n) is 7.92. The summed E-state index contributed by atoms with van der Waals surface area (Å²) in [6.07, 6.45) is -5.64. The Kier molecular flexibility index (Phi) is 5.95. The highest BCUT2D eigenvalue weighted by molar-refractivity contribution is 6.07. The van der Waals surface area contributed by atoms with Crippen molar-refractivity contribution < 1.29 is 27.9 Å². The van der Waals surface area contributed by atoms with Gasteiger partial charge in [-0.15, -0.1) is 0 Å². The number of hydrogen-bond donors (Lipinski definition) is 2. The molecule has 2 atom stereocenters. The molecule has 1 aliphatic heterocycles. The van der Waals surface area contributed by atoms with Gasteiger partial charge in [-0.1, -0.05) is 72.8 Å². The van der Waals surface area contributed by atoms with Crippen LogP contribution in [0.25, 0.3) is 0 Å². The lowest BCUT2D eigenvalue weighted by atomic mass is 9.83. The molecule has 0 saturated carbocycles. The second kappa shape index (κ2) is 8.71. The van der Waals surface area contributed by atoms with Crippen molar-refractivity contribution in [1.82, 2.24) is 10.2 Å². The summed E-state index contributed by atoms with van der Waals surface area (Å²) in [5, 5.41) is 13.4. The van der Waals surface area contributed by atoms with Crippen LogP contribution in [0.4, 0.5) is 18.0 Å². The number of amides is 3. The Morgan fingerprint density at radius 3 is 2.03 bits per heavy atom. The summed E-state index contributed by atoms with van der Waals surface area (Å²) in [5.74, 6) is -0.534. The Bertz CT molecular complexity index is 1140. The van der Waals surface area contributed by atoms with Crippen LogP contribution < -0.4 is 5.32 Å². The summed E-state index contributed by atoms with van der Waals surface area (Å²) in [5.41, 5.74) is -0.610. The number of carbonyl (C=O) groups excluding carboxylic acids is 2. The first-order chi connectivity index (χ1) is 15.7. The normalized spacial score (nSPS) is 19.5. The summed E-state index contributed by atoms with van der Waals surface area (Å²) in [6, 6.07) is 21.4. The molecule has 1 heterocycles. The maximum absolute atomic E-state index is 13.6. The van der Waals surface area contributed by atoms with Gasteiger partial charge in [0.05, 0.1) is 18.2 Å². The van der Waals surface area contributed by atoms with Gasteiger partial charge < -0.3 is 10.4 Å². The number of aliphatic hydroxyl groups excluding tert-OH is 1. The highest BCUT2D eigenvalue weighted by Crippen LogP contribution is 2.34. The Balaban J connectivity index is 1.61. The molecule has 0 aromatic heterocycles. The minimum absolute atomic E-state index is 0.170. The molecule has 0 spiro atoms. The van der Waals surface area contributed by atoms with Crippen molar-refractivity contribution in [2.75, 3.05) is 6.54 Å². The molecule has 0 radical (unpaired) electrons. The molecule has 3 amide bonds. The van der Waals surface area contributed by atoms with E-state index in [0.29, 0.717) is 5.56 Å². The maximum Gasteiger partial charge on any atom is 0.416 e. The van der Waals surface area contributed by atoms with Crippen molar-refractivity contribution >= 4 is 11.9 Å². The number of halogens is 3. The molecule has 0 aliphatic carbocycles. The lowest BCUT2D eigenvalue weighted by molar-refractivity contribution is -0.137. The molecule has 3 aromatic rings. The molecule has 2 N–H and O–H groups in total. The van der Waals surface area contributed by atoms with Gasteiger partial charge in [0.1, 0.15) is 0 Å². The smallest absolute Gasteiger partial charge is 0.387 e. The van der Waals surface area contributed by atoms with Gasteiger partial charge in [0.25, 0.3) is 5.91 Å². The minimum atomic E-state index is -4.50. The van der Waals surface area contributed by atoms with Gasteiger partial charge in [0.2, 0.25) is 0 Å². The van der Waals surface area contributed by atoms with E-state index in [4.69, 9.17) is 0 Å². The third-order valence-corrected chi connectivity index (χ3v) is 5.73. The number of nitrogens with zero attached hydrogens (tertiary/aromatic N) is 1. The van der Waals surface area contributed by atoms with E-state index < -0.39 is 35.3 Å². The highest BCUT2D eigenvalue weighted by Gasteiger charge is 2.52. The van der Waals surface area contributed by atoms with E-state index >= 15 is 0 Å². The van der Waals surface area contributed by atoms with Gasteiger partial charge in [-0.05, 0) is 28.8 Å². The number of hydrogen-bond acceptors (Lipinski definition) is 3. The van der Waals surface area contributed by atoms with Crippen molar-refractivity contribution in [2.24, 2.45) is 0 Å². The molecule has 170 valence electrons. The van der Waals surface area contributed by atoms with E-state index in [2.05, 4.69) is 5.32 Å². The Hall–Kier alpha value is -3.65. The largest absolute Gasteiger partial charge is 0.416 e. The third-order valence-electron chi connectivity index (χ3n) is 5.73. The van der Waals surface area contributed by atoms with Crippen molar-refractivity contribution in [1.29, 1.82) is 0 Å². The number of benzene rings is 3. The van der Waals surface area contributed by atoms with Crippen LogP contribution in [0.3, 0.4) is 0 Å². The summed E-state index contributed by atoms with van der Waals surface area (Å²) in [7, 11) is 0. The molecule has 8 heteroatoms. The van der Waals surface area contributed by atoms with E-state index in [0.717, 1.165) is 34.7 Å². The first-order valence-electron chi connectivity index (χ1n) is 10.3. The number of alkyl halides is 3. The average Bonchev–Trinajstić information content (AvgIpc) is 3.04. The quantitative estimate of drug-likeness (QED) is 0.542. The molecule has 1 fully saturated rings. The van der Waals surface area contributed by atoms with E-state index in [-0.39, 0.29) is 18.5 Å². The fourth-order valence-electron chi connectivity index (χ4n) is 4.01. The molecule has 1 aliphatic rings. The van der Waals surface area contributed by atoms with Crippen LogP contribution in [0, 0.1) is 0 Å². The topological polar surface area (TPSA) is 69.6 Å². The van der Waals surface area contributed by atoms with E-state index in [1.165, 1.54) is 0 Å². The summed E-state index contributed by atoms with van der Waals surface area (Å²) >= 11 is 0. The van der Waals surface area contributed by atoms with Crippen molar-refractivity contribution in [2.45, 2.75) is 24.2 Å². The first kappa shape index (κ1) is 22.5. The molecule has 1 saturated heterocycles. The highest BCUT2D eigenvalue weighted by atomic mass is 19.4. The number of nitrogens with one attached hydrogen (secondary N) is 1. The van der Waals surface area contributed by atoms with Gasteiger partial charge in [-0.2, -0.15) is 13.2 Å². The Morgan fingerprint density at radius 2 is 1.45 bits per heavy atom. The minimum Gasteiger partial charge on any atom is -0.387 e. The predicted molar refractivity (Wildman–Crippen MR) is 115 cm³/mol. The predicted octanol–water partition coefficient (Wildman–Crippen LogP) is 4.43. The zero-order valence-electron chi connectivity index (χ0n) is 17.4. The van der Waals surface area contributed by atoms with Gasteiger partial charge in [0, 0.05) is 6.42 Å². The number of urea groups is 1. The molecule has 3 aromatic carbocycles. The average molecular weight is 454 g/mol. The standard InChI is InChI=1S/C25H21F3N2O3/c26-25(27,28)20-13-11-18(12-14-20)21(31)16-30-22(32)24(29-23(30)33,19-9-5-2-6-10-19)15-17-7-3-1-4-8-17/h1-14,21,31H,15-16H2,(H,29,33). The van der Waals surface area contributed by atoms with E-state index in [1.807, 2.05) is 30.3 Å². The molecular formula is C25H21F3N2O3. The first-order valence-corrected chi connectivity index (χ1v) is 10.3. The van der Waals surface area contributed by atoms with E-state index in [1.54, 1.807) is 30.3 Å². The second-order valence-corrected chi connectivity index (χ2v) is 7.92. The number of β-amino-alcohol motifs (C(OH)–C–C–N with tert-alkyl or cyclic N) is 1. The van der Waals surface area contributed by atoms with Crippen LogP contribution >= 0.6 is 0 Å². The van der Waals surface area contributed by atoms with Gasteiger partial charge in [-0.3, -0.25) is 9.69 Å². The van der Waals surface area contributed by atoms with Gasteiger partial charge in [0.15, 0.2) is 5.54 Å². The van der Waals surface area contributed by atoms with Crippen molar-refractivity contribution in [3.05, 3.63) is 107 Å². The SMILES string of the molecule is O=C1NC(Cc2ccccc2)(c2ccccc2)C(=O)N1CC(O)c1ccc(C(F)(F)F)cc1. The lowest BCUT2D eigenvalue weighted by Gasteiger charge is -2.28. The van der Waals surface area contributed by atoms with Gasteiger partial charge >= 0.3 is 12.2 Å². The zero-order chi connectivity index (χ0) is 23.6. The Morgan fingerprint density at radius 1 is 0.879 bits per heavy atom. The monoisotopic (exact) mass is 454 g/mol. The fraction of sp³-hybridized carbons (Fsp3) is 0.200. The lowest BCUT2D eigenvalue weighted by Crippen LogP contribution is -2.46. The van der Waals surface area contributed by atoms with Crippen LogP contribution in [0.1, 0.15) is 28.4 Å². The zero-order valence-corrected chi connectivity index (χ0v) is 17.4. The molecule has 0 bridgehead atoms. The maximum atomic E-state index is 13.6. The van der Waals surface area contributed by atoms with Crippen molar-refractivity contribution in [3.8, 4) is 0 Å². The molecule has 5 nitrogen and oxygen atoms in total. The number of carbonyl (C=O) groups is 2. The molecular weight excluding hydrogens is 433 g/mol. The summed E-state index contributed by atoms with van der Waals surface area (Å²) < 4.78 is 38.4. The van der Waals surface area contributed by atoms with Crippen molar-refractivity contribution in [3.63, 3.8) is 0 Å². The molecule has 33 heavy (non-hydrogen) atoms. The van der Waals surface area contributed by atoms with Crippen LogP contribution in [-0.2, 0) is 22.9 Å². The number of imide groups is 1. The summed E-state index contributed by atoms with van der Waals surface area (Å²) in [4.78, 5) is 27.3. The third kappa shape index (κ3) is 4.47. The van der Waals surface area contributed by atoms with E-state index in [9.17, 15) is 27.9 Å².